The average molecular weight is 641 g/mol. The number of hydrogen-bond donors (Lipinski definition) is 1. The van der Waals surface area contributed by atoms with E-state index in [1.165, 1.54) is 19.2 Å². The summed E-state index contributed by atoms with van der Waals surface area (Å²) in [6.45, 7) is 3.88. The number of anilines is 1. The van der Waals surface area contributed by atoms with Crippen LogP contribution in [-0.2, 0) is 16.2 Å². The number of amides is 3. The topological polar surface area (TPSA) is 128 Å². The molecule has 0 atom stereocenters. The van der Waals surface area contributed by atoms with Gasteiger partial charge in [-0.05, 0) is 76.8 Å². The third kappa shape index (κ3) is 7.33. The Hall–Kier alpha value is -4.16. The van der Waals surface area contributed by atoms with Crippen molar-refractivity contribution in [3.05, 3.63) is 96.8 Å². The molecule has 0 aromatic heterocycles. The lowest BCUT2D eigenvalue weighted by Crippen LogP contribution is -2.36. The molecule has 1 fully saturated rings. The Morgan fingerprint density at radius 2 is 1.78 bits per heavy atom. The number of nitro groups is 1. The lowest BCUT2D eigenvalue weighted by molar-refractivity contribution is -0.384. The van der Waals surface area contributed by atoms with Gasteiger partial charge in [0.05, 0.1) is 16.9 Å². The number of nitrogens with zero attached hydrogens (tertiary/aromatic N) is 2. The van der Waals surface area contributed by atoms with Crippen molar-refractivity contribution in [3.63, 3.8) is 0 Å². The highest BCUT2D eigenvalue weighted by atomic mass is 79.9. The summed E-state index contributed by atoms with van der Waals surface area (Å²) in [5.74, 6) is 0.0791. The smallest absolute Gasteiger partial charge is 0.294 e. The van der Waals surface area contributed by atoms with E-state index >= 15 is 0 Å². The molecule has 41 heavy (non-hydrogen) atoms. The first-order valence-electron chi connectivity index (χ1n) is 12.4. The zero-order valence-electron chi connectivity index (χ0n) is 22.4. The fourth-order valence-electron chi connectivity index (χ4n) is 3.88. The maximum absolute atomic E-state index is 13.0. The van der Waals surface area contributed by atoms with E-state index in [1.807, 2.05) is 12.1 Å². The quantitative estimate of drug-likeness (QED) is 0.147. The van der Waals surface area contributed by atoms with Gasteiger partial charge in [-0.2, -0.15) is 0 Å². The predicted molar refractivity (Wildman–Crippen MR) is 160 cm³/mol. The molecule has 1 heterocycles. The SMILES string of the molecule is COc1cc(/C=C2/SC(=O)N(CC(=O)Nc3ccc(C(C)C)cc3)C2=O)c(Br)cc1OCc1ccc([N+](=O)[O-])cc1. The highest BCUT2D eigenvalue weighted by Gasteiger charge is 2.36. The van der Waals surface area contributed by atoms with Crippen LogP contribution in [0.4, 0.5) is 16.2 Å². The van der Waals surface area contributed by atoms with Crippen LogP contribution in [0, 0.1) is 10.1 Å². The van der Waals surface area contributed by atoms with E-state index in [0.29, 0.717) is 33.1 Å². The fraction of sp³-hybridized carbons (Fsp3) is 0.207. The lowest BCUT2D eigenvalue weighted by atomic mass is 10.0. The van der Waals surface area contributed by atoms with Crippen LogP contribution in [0.5, 0.6) is 11.5 Å². The molecule has 0 spiro atoms. The van der Waals surface area contributed by atoms with Gasteiger partial charge < -0.3 is 14.8 Å². The maximum Gasteiger partial charge on any atom is 0.294 e. The minimum Gasteiger partial charge on any atom is -0.493 e. The van der Waals surface area contributed by atoms with Gasteiger partial charge in [0.1, 0.15) is 13.2 Å². The summed E-state index contributed by atoms with van der Waals surface area (Å²) in [5.41, 5.74) is 2.98. The van der Waals surface area contributed by atoms with Crippen LogP contribution in [0.2, 0.25) is 0 Å². The molecule has 0 unspecified atom stereocenters. The number of nitrogens with one attached hydrogen (secondary N) is 1. The van der Waals surface area contributed by atoms with Gasteiger partial charge in [-0.3, -0.25) is 29.4 Å². The molecule has 10 nitrogen and oxygen atoms in total. The van der Waals surface area contributed by atoms with E-state index in [-0.39, 0.29) is 17.2 Å². The normalized spacial score (nSPS) is 14.1. The maximum atomic E-state index is 13.0. The van der Waals surface area contributed by atoms with Crippen LogP contribution in [0.1, 0.15) is 36.5 Å². The Bertz CT molecular complexity index is 1520. The largest absolute Gasteiger partial charge is 0.493 e. The molecule has 3 aromatic carbocycles. The van der Waals surface area contributed by atoms with Crippen molar-refractivity contribution in [2.24, 2.45) is 0 Å². The molecular weight excluding hydrogens is 614 g/mol. The molecule has 212 valence electrons. The second-order valence-electron chi connectivity index (χ2n) is 9.33. The van der Waals surface area contributed by atoms with Crippen molar-refractivity contribution in [3.8, 4) is 11.5 Å². The van der Waals surface area contributed by atoms with E-state index < -0.39 is 28.5 Å². The summed E-state index contributed by atoms with van der Waals surface area (Å²) < 4.78 is 11.9. The molecule has 1 aliphatic rings. The van der Waals surface area contributed by atoms with Crippen molar-refractivity contribution in [1.82, 2.24) is 4.90 Å². The van der Waals surface area contributed by atoms with Gasteiger partial charge in [0.2, 0.25) is 5.91 Å². The van der Waals surface area contributed by atoms with Gasteiger partial charge in [0, 0.05) is 22.3 Å². The Morgan fingerprint density at radius 3 is 2.39 bits per heavy atom. The van der Waals surface area contributed by atoms with Crippen molar-refractivity contribution >= 4 is 62.2 Å². The second-order valence-corrected chi connectivity index (χ2v) is 11.2. The predicted octanol–water partition coefficient (Wildman–Crippen LogP) is 6.74. The Kier molecular flexibility index (Phi) is 9.46. The van der Waals surface area contributed by atoms with Gasteiger partial charge in [0.25, 0.3) is 16.8 Å². The monoisotopic (exact) mass is 639 g/mol. The van der Waals surface area contributed by atoms with E-state index in [2.05, 4.69) is 35.1 Å². The number of thioether (sulfide) groups is 1. The number of methoxy groups -OCH3 is 1. The van der Waals surface area contributed by atoms with Crippen LogP contribution < -0.4 is 14.8 Å². The van der Waals surface area contributed by atoms with Crippen LogP contribution in [-0.4, -0.2) is 40.5 Å². The molecule has 0 aliphatic carbocycles. The fourth-order valence-corrected chi connectivity index (χ4v) is 5.15. The number of nitro benzene ring substituents is 1. The van der Waals surface area contributed by atoms with Crippen molar-refractivity contribution in [1.29, 1.82) is 0 Å². The van der Waals surface area contributed by atoms with Gasteiger partial charge in [0.15, 0.2) is 11.5 Å². The number of hydrogen-bond acceptors (Lipinski definition) is 8. The third-order valence-electron chi connectivity index (χ3n) is 6.15. The van der Waals surface area contributed by atoms with Crippen molar-refractivity contribution in [2.75, 3.05) is 19.0 Å². The molecule has 0 radical (unpaired) electrons. The molecule has 12 heteroatoms. The number of ether oxygens (including phenoxy) is 2. The number of non-ortho nitro benzene ring substituents is 1. The third-order valence-corrected chi connectivity index (χ3v) is 7.74. The number of benzene rings is 3. The minimum absolute atomic E-state index is 0.0140. The summed E-state index contributed by atoms with van der Waals surface area (Å²) in [5, 5.41) is 13.0. The van der Waals surface area contributed by atoms with Gasteiger partial charge in [-0.25, -0.2) is 0 Å². The molecular formula is C29H26BrN3O7S. The minimum atomic E-state index is -0.574. The zero-order valence-corrected chi connectivity index (χ0v) is 24.8. The summed E-state index contributed by atoms with van der Waals surface area (Å²) in [6.07, 6.45) is 1.54. The van der Waals surface area contributed by atoms with Gasteiger partial charge in [-0.15, -0.1) is 0 Å². The van der Waals surface area contributed by atoms with Crippen LogP contribution >= 0.6 is 27.7 Å². The Morgan fingerprint density at radius 1 is 1.10 bits per heavy atom. The molecule has 0 bridgehead atoms. The molecule has 4 rings (SSSR count). The number of imide groups is 1. The Labute approximate surface area is 249 Å². The highest BCUT2D eigenvalue weighted by molar-refractivity contribution is 9.10. The first kappa shape index (κ1) is 29.8. The van der Waals surface area contributed by atoms with E-state index in [0.717, 1.165) is 27.8 Å². The van der Waals surface area contributed by atoms with E-state index in [9.17, 15) is 24.5 Å². The number of carbonyl (C=O) groups is 3. The van der Waals surface area contributed by atoms with Crippen molar-refractivity contribution in [2.45, 2.75) is 26.4 Å². The average Bonchev–Trinajstić information content (AvgIpc) is 3.20. The lowest BCUT2D eigenvalue weighted by Gasteiger charge is -2.14. The molecule has 0 saturated carbocycles. The number of carbonyl (C=O) groups excluding carboxylic acids is 3. The molecule has 1 saturated heterocycles. The number of halogens is 1. The summed E-state index contributed by atoms with van der Waals surface area (Å²) >= 11 is 4.22. The molecule has 3 amide bonds. The first-order chi connectivity index (χ1) is 19.5. The van der Waals surface area contributed by atoms with Gasteiger partial charge in [-0.1, -0.05) is 41.9 Å². The summed E-state index contributed by atoms with van der Waals surface area (Å²) in [7, 11) is 1.47. The van der Waals surface area contributed by atoms with Crippen LogP contribution in [0.3, 0.4) is 0 Å². The van der Waals surface area contributed by atoms with Crippen LogP contribution in [0.15, 0.2) is 70.0 Å². The first-order valence-corrected chi connectivity index (χ1v) is 14.1. The highest BCUT2D eigenvalue weighted by Crippen LogP contribution is 2.38. The second kappa shape index (κ2) is 13.0. The van der Waals surface area contributed by atoms with Crippen LogP contribution in [0.25, 0.3) is 6.08 Å². The Balaban J connectivity index is 1.43. The summed E-state index contributed by atoms with van der Waals surface area (Å²) in [4.78, 5) is 49.6. The number of rotatable bonds is 10. The molecule has 1 N–H and O–H groups in total. The van der Waals surface area contributed by atoms with E-state index in [1.54, 1.807) is 42.5 Å². The standard InChI is InChI=1S/C29H26BrN3O7S/c1-17(2)19-6-8-21(9-7-19)31-27(34)15-32-28(35)26(41-29(32)36)13-20-12-24(39-3)25(14-23(20)30)40-16-18-4-10-22(11-5-18)33(37)38/h4-14,17H,15-16H2,1-3H3,(H,31,34)/b26-13+. The zero-order chi connectivity index (χ0) is 29.7. The van der Waals surface area contributed by atoms with E-state index in [4.69, 9.17) is 9.47 Å². The summed E-state index contributed by atoms with van der Waals surface area (Å²) in [6, 6.07) is 16.7. The van der Waals surface area contributed by atoms with Crippen molar-refractivity contribution < 1.29 is 28.8 Å². The van der Waals surface area contributed by atoms with Gasteiger partial charge >= 0.3 is 0 Å². The molecule has 1 aliphatic heterocycles. The molecule has 3 aromatic rings.